The van der Waals surface area contributed by atoms with Gasteiger partial charge in [-0.2, -0.15) is 0 Å². The van der Waals surface area contributed by atoms with Crippen molar-refractivity contribution in [2.24, 2.45) is 5.73 Å². The molecule has 2 atom stereocenters. The van der Waals surface area contributed by atoms with Crippen molar-refractivity contribution in [3.63, 3.8) is 0 Å². The SMILES string of the molecule is C[C@@H]1CO[C@@H](c2ccccc2Cl)CN1C(=O)CCN. The average Bonchev–Trinajstić information content (AvgIpc) is 2.40. The van der Waals surface area contributed by atoms with Gasteiger partial charge < -0.3 is 15.4 Å². The predicted octanol–water partition coefficient (Wildman–Crippen LogP) is 1.98. The molecule has 1 fully saturated rings. The van der Waals surface area contributed by atoms with Gasteiger partial charge in [0.05, 0.1) is 19.2 Å². The lowest BCUT2D eigenvalue weighted by molar-refractivity contribution is -0.144. The summed E-state index contributed by atoms with van der Waals surface area (Å²) in [6, 6.07) is 7.67. The Bertz CT molecular complexity index is 453. The van der Waals surface area contributed by atoms with E-state index < -0.39 is 0 Å². The van der Waals surface area contributed by atoms with Crippen LogP contribution in [0.5, 0.6) is 0 Å². The fraction of sp³-hybridized carbons (Fsp3) is 0.500. The summed E-state index contributed by atoms with van der Waals surface area (Å²) in [5.74, 6) is 0.0790. The third kappa shape index (κ3) is 3.26. The molecule has 2 rings (SSSR count). The second-order valence-electron chi connectivity index (χ2n) is 4.78. The van der Waals surface area contributed by atoms with Gasteiger partial charge >= 0.3 is 0 Å². The number of hydrogen-bond acceptors (Lipinski definition) is 3. The molecular formula is C14H19ClN2O2. The third-order valence-corrected chi connectivity index (χ3v) is 3.71. The summed E-state index contributed by atoms with van der Waals surface area (Å²) in [6.45, 7) is 3.41. The monoisotopic (exact) mass is 282 g/mol. The zero-order valence-electron chi connectivity index (χ0n) is 11.0. The first kappa shape index (κ1) is 14.3. The second kappa shape index (κ2) is 6.37. The molecule has 0 radical (unpaired) electrons. The Morgan fingerprint density at radius 1 is 1.53 bits per heavy atom. The molecule has 19 heavy (non-hydrogen) atoms. The molecule has 1 aromatic carbocycles. The van der Waals surface area contributed by atoms with Crippen LogP contribution in [0.1, 0.15) is 25.0 Å². The number of carbonyl (C=O) groups excluding carboxylic acids is 1. The number of benzene rings is 1. The van der Waals surface area contributed by atoms with Gasteiger partial charge in [-0.25, -0.2) is 0 Å². The highest BCUT2D eigenvalue weighted by Crippen LogP contribution is 2.30. The molecule has 0 bridgehead atoms. The lowest BCUT2D eigenvalue weighted by atomic mass is 10.1. The van der Waals surface area contributed by atoms with E-state index in [2.05, 4.69) is 0 Å². The molecule has 0 aliphatic carbocycles. The minimum Gasteiger partial charge on any atom is -0.369 e. The van der Waals surface area contributed by atoms with E-state index in [9.17, 15) is 4.79 Å². The van der Waals surface area contributed by atoms with Crippen LogP contribution < -0.4 is 5.73 Å². The highest BCUT2D eigenvalue weighted by molar-refractivity contribution is 6.31. The van der Waals surface area contributed by atoms with Gasteiger partial charge in [0.15, 0.2) is 0 Å². The molecular weight excluding hydrogens is 264 g/mol. The Morgan fingerprint density at radius 2 is 2.26 bits per heavy atom. The lowest BCUT2D eigenvalue weighted by Gasteiger charge is -2.38. The molecule has 1 saturated heterocycles. The van der Waals surface area contributed by atoms with Gasteiger partial charge in [0.1, 0.15) is 6.10 Å². The van der Waals surface area contributed by atoms with E-state index in [4.69, 9.17) is 22.1 Å². The van der Waals surface area contributed by atoms with Gasteiger partial charge in [0.25, 0.3) is 0 Å². The van der Waals surface area contributed by atoms with Crippen LogP contribution in [0.4, 0.5) is 0 Å². The van der Waals surface area contributed by atoms with Crippen LogP contribution >= 0.6 is 11.6 Å². The van der Waals surface area contributed by atoms with Crippen LogP contribution in [-0.4, -0.2) is 36.5 Å². The fourth-order valence-electron chi connectivity index (χ4n) is 2.30. The molecule has 0 saturated carbocycles. The molecule has 0 spiro atoms. The first-order chi connectivity index (χ1) is 9.13. The van der Waals surface area contributed by atoms with Crippen LogP contribution in [0, 0.1) is 0 Å². The number of rotatable bonds is 3. The molecule has 104 valence electrons. The van der Waals surface area contributed by atoms with Crippen molar-refractivity contribution in [3.8, 4) is 0 Å². The normalized spacial score (nSPS) is 23.4. The highest BCUT2D eigenvalue weighted by Gasteiger charge is 2.30. The lowest BCUT2D eigenvalue weighted by Crippen LogP contribution is -2.48. The minimum atomic E-state index is -0.161. The smallest absolute Gasteiger partial charge is 0.224 e. The quantitative estimate of drug-likeness (QED) is 0.922. The van der Waals surface area contributed by atoms with Crippen molar-refractivity contribution in [2.45, 2.75) is 25.5 Å². The van der Waals surface area contributed by atoms with Crippen LogP contribution in [0.25, 0.3) is 0 Å². The van der Waals surface area contributed by atoms with Crippen molar-refractivity contribution in [2.75, 3.05) is 19.7 Å². The molecule has 0 unspecified atom stereocenters. The Kier molecular flexibility index (Phi) is 4.80. The average molecular weight is 283 g/mol. The Hall–Kier alpha value is -1.10. The van der Waals surface area contributed by atoms with Crippen LogP contribution in [-0.2, 0) is 9.53 Å². The van der Waals surface area contributed by atoms with Crippen molar-refractivity contribution in [1.29, 1.82) is 0 Å². The van der Waals surface area contributed by atoms with Gasteiger partial charge in [0.2, 0.25) is 5.91 Å². The van der Waals surface area contributed by atoms with Gasteiger partial charge in [-0.15, -0.1) is 0 Å². The molecule has 1 aliphatic rings. The van der Waals surface area contributed by atoms with E-state index in [1.807, 2.05) is 36.1 Å². The summed E-state index contributed by atoms with van der Waals surface area (Å²) in [5.41, 5.74) is 6.38. The van der Waals surface area contributed by atoms with Gasteiger partial charge in [-0.1, -0.05) is 29.8 Å². The number of hydrogen-bond donors (Lipinski definition) is 1. The van der Waals surface area contributed by atoms with E-state index in [0.29, 0.717) is 31.1 Å². The standard InChI is InChI=1S/C14H19ClN2O2/c1-10-9-19-13(8-17(10)14(18)6-7-16)11-4-2-3-5-12(11)15/h2-5,10,13H,6-9,16H2,1H3/t10-,13-/m1/s1. The van der Waals surface area contributed by atoms with Crippen molar-refractivity contribution < 1.29 is 9.53 Å². The van der Waals surface area contributed by atoms with Crippen LogP contribution in [0.3, 0.4) is 0 Å². The Labute approximate surface area is 118 Å². The molecule has 5 heteroatoms. The van der Waals surface area contributed by atoms with Crippen molar-refractivity contribution >= 4 is 17.5 Å². The molecule has 1 amide bonds. The highest BCUT2D eigenvalue weighted by atomic mass is 35.5. The second-order valence-corrected chi connectivity index (χ2v) is 5.18. The van der Waals surface area contributed by atoms with Gasteiger partial charge in [-0.05, 0) is 13.0 Å². The predicted molar refractivity (Wildman–Crippen MR) is 75.0 cm³/mol. The fourth-order valence-corrected chi connectivity index (χ4v) is 2.55. The van der Waals surface area contributed by atoms with E-state index in [-0.39, 0.29) is 18.1 Å². The maximum absolute atomic E-state index is 12.0. The molecule has 0 aromatic heterocycles. The molecule has 4 nitrogen and oxygen atoms in total. The Morgan fingerprint density at radius 3 is 2.95 bits per heavy atom. The maximum Gasteiger partial charge on any atom is 0.224 e. The number of nitrogens with two attached hydrogens (primary N) is 1. The number of ether oxygens (including phenoxy) is 1. The Balaban J connectivity index is 2.13. The number of morpholine rings is 1. The van der Waals surface area contributed by atoms with Gasteiger partial charge in [0, 0.05) is 23.6 Å². The number of carbonyl (C=O) groups is 1. The maximum atomic E-state index is 12.0. The van der Waals surface area contributed by atoms with Crippen LogP contribution in [0.15, 0.2) is 24.3 Å². The topological polar surface area (TPSA) is 55.6 Å². The van der Waals surface area contributed by atoms with E-state index in [1.165, 1.54) is 0 Å². The number of nitrogens with zero attached hydrogens (tertiary/aromatic N) is 1. The summed E-state index contributed by atoms with van der Waals surface area (Å²) < 4.78 is 5.81. The van der Waals surface area contributed by atoms with Gasteiger partial charge in [-0.3, -0.25) is 4.79 Å². The van der Waals surface area contributed by atoms with Crippen molar-refractivity contribution in [1.82, 2.24) is 4.90 Å². The summed E-state index contributed by atoms with van der Waals surface area (Å²) in [4.78, 5) is 13.9. The molecule has 1 heterocycles. The van der Waals surface area contributed by atoms with E-state index in [0.717, 1.165) is 5.56 Å². The minimum absolute atomic E-state index is 0.0790. The summed E-state index contributed by atoms with van der Waals surface area (Å²) in [5, 5.41) is 0.674. The van der Waals surface area contributed by atoms with E-state index >= 15 is 0 Å². The number of amides is 1. The summed E-state index contributed by atoms with van der Waals surface area (Å²) in [7, 11) is 0. The van der Waals surface area contributed by atoms with Crippen molar-refractivity contribution in [3.05, 3.63) is 34.9 Å². The largest absolute Gasteiger partial charge is 0.369 e. The van der Waals surface area contributed by atoms with Crippen LogP contribution in [0.2, 0.25) is 5.02 Å². The summed E-state index contributed by atoms with van der Waals surface area (Å²) in [6.07, 6.45) is 0.214. The first-order valence-electron chi connectivity index (χ1n) is 6.49. The zero-order valence-corrected chi connectivity index (χ0v) is 11.8. The molecule has 1 aromatic rings. The third-order valence-electron chi connectivity index (χ3n) is 3.36. The zero-order chi connectivity index (χ0) is 13.8. The number of halogens is 1. The molecule has 2 N–H and O–H groups in total. The summed E-state index contributed by atoms with van der Waals surface area (Å²) >= 11 is 6.18. The van der Waals surface area contributed by atoms with E-state index in [1.54, 1.807) is 0 Å². The first-order valence-corrected chi connectivity index (χ1v) is 6.87. The molecule has 1 aliphatic heterocycles.